The van der Waals surface area contributed by atoms with Crippen LogP contribution in [0.25, 0.3) is 0 Å². The second kappa shape index (κ2) is 5.70. The molecular formula is C22H21NO3. The summed E-state index contributed by atoms with van der Waals surface area (Å²) in [6, 6.07) is 15.1. The van der Waals surface area contributed by atoms with Gasteiger partial charge in [-0.25, -0.2) is 0 Å². The van der Waals surface area contributed by atoms with Gasteiger partial charge in [0.2, 0.25) is 11.8 Å². The van der Waals surface area contributed by atoms with Crippen LogP contribution < -0.4 is 9.64 Å². The predicted octanol–water partition coefficient (Wildman–Crippen LogP) is 4.32. The number of ether oxygens (including phenoxy) is 1. The van der Waals surface area contributed by atoms with Gasteiger partial charge in [-0.1, -0.05) is 12.1 Å². The van der Waals surface area contributed by atoms with Crippen molar-refractivity contribution in [1.29, 1.82) is 0 Å². The Morgan fingerprint density at radius 2 is 1.54 bits per heavy atom. The fourth-order valence-electron chi connectivity index (χ4n) is 5.14. The molecule has 1 aliphatic heterocycles. The Kier molecular flexibility index (Phi) is 3.42. The standard InChI is InChI=1S/C22H21NO3/c1-13-3-2-4-18(11-13)26-17-9-7-16(8-10-17)23-21(24)19-14-5-6-15(12-14)20(19)22(23)25/h2-4,7-11,14-15,19-20H,5-6,12H2,1H3/t14-,15+,19-,20-/m0/s1. The van der Waals surface area contributed by atoms with E-state index in [9.17, 15) is 9.59 Å². The first-order valence-electron chi connectivity index (χ1n) is 9.34. The molecule has 2 aromatic rings. The van der Waals surface area contributed by atoms with E-state index in [-0.39, 0.29) is 23.7 Å². The summed E-state index contributed by atoms with van der Waals surface area (Å²) in [6.07, 6.45) is 3.26. The smallest absolute Gasteiger partial charge is 0.237 e. The molecule has 2 saturated carbocycles. The number of carbonyl (C=O) groups is 2. The van der Waals surface area contributed by atoms with Gasteiger partial charge in [-0.3, -0.25) is 14.5 Å². The van der Waals surface area contributed by atoms with Crippen molar-refractivity contribution >= 4 is 17.5 Å². The summed E-state index contributed by atoms with van der Waals surface area (Å²) in [6.45, 7) is 2.02. The molecule has 26 heavy (non-hydrogen) atoms. The Bertz CT molecular complexity index is 861. The fraction of sp³-hybridized carbons (Fsp3) is 0.364. The molecular weight excluding hydrogens is 326 g/mol. The lowest BCUT2D eigenvalue weighted by Gasteiger charge is -2.19. The van der Waals surface area contributed by atoms with E-state index in [1.165, 1.54) is 4.90 Å². The van der Waals surface area contributed by atoms with Crippen molar-refractivity contribution in [2.45, 2.75) is 26.2 Å². The van der Waals surface area contributed by atoms with Gasteiger partial charge in [-0.15, -0.1) is 0 Å². The summed E-state index contributed by atoms with van der Waals surface area (Å²) in [4.78, 5) is 27.2. The van der Waals surface area contributed by atoms with E-state index in [0.29, 0.717) is 23.3 Å². The third-order valence-electron chi connectivity index (χ3n) is 6.25. The van der Waals surface area contributed by atoms with E-state index in [2.05, 4.69) is 0 Å². The normalized spacial score (nSPS) is 29.3. The van der Waals surface area contributed by atoms with Crippen molar-refractivity contribution in [2.75, 3.05) is 4.90 Å². The zero-order valence-corrected chi connectivity index (χ0v) is 14.7. The van der Waals surface area contributed by atoms with Gasteiger partial charge in [-0.05, 0) is 80.0 Å². The molecule has 4 atom stereocenters. The molecule has 2 bridgehead atoms. The molecule has 3 fully saturated rings. The number of carbonyl (C=O) groups excluding carboxylic acids is 2. The van der Waals surface area contributed by atoms with Crippen molar-refractivity contribution in [3.8, 4) is 11.5 Å². The Morgan fingerprint density at radius 1 is 0.885 bits per heavy atom. The third-order valence-corrected chi connectivity index (χ3v) is 6.25. The lowest BCUT2D eigenvalue weighted by Crippen LogP contribution is -2.32. The number of fused-ring (bicyclic) bond motifs is 5. The number of hydrogen-bond acceptors (Lipinski definition) is 3. The largest absolute Gasteiger partial charge is 0.457 e. The van der Waals surface area contributed by atoms with E-state index in [1.54, 1.807) is 0 Å². The van der Waals surface area contributed by atoms with Crippen molar-refractivity contribution < 1.29 is 14.3 Å². The predicted molar refractivity (Wildman–Crippen MR) is 98.0 cm³/mol. The summed E-state index contributed by atoms with van der Waals surface area (Å²) in [5.41, 5.74) is 1.79. The minimum absolute atomic E-state index is 0.000414. The van der Waals surface area contributed by atoms with E-state index < -0.39 is 0 Å². The first-order valence-corrected chi connectivity index (χ1v) is 9.34. The maximum Gasteiger partial charge on any atom is 0.237 e. The molecule has 1 heterocycles. The first kappa shape index (κ1) is 15.6. The highest BCUT2D eigenvalue weighted by Gasteiger charge is 2.61. The second-order valence-corrected chi connectivity index (χ2v) is 7.81. The van der Waals surface area contributed by atoms with Crippen LogP contribution in [-0.2, 0) is 9.59 Å². The number of nitrogens with zero attached hydrogens (tertiary/aromatic N) is 1. The molecule has 2 aliphatic carbocycles. The van der Waals surface area contributed by atoms with Gasteiger partial charge in [0.15, 0.2) is 0 Å². The number of hydrogen-bond donors (Lipinski definition) is 0. The molecule has 0 N–H and O–H groups in total. The van der Waals surface area contributed by atoms with Crippen LogP contribution in [0, 0.1) is 30.6 Å². The maximum absolute atomic E-state index is 12.9. The quantitative estimate of drug-likeness (QED) is 0.777. The zero-order valence-electron chi connectivity index (χ0n) is 14.7. The van der Waals surface area contributed by atoms with Crippen LogP contribution in [0.5, 0.6) is 11.5 Å². The molecule has 0 radical (unpaired) electrons. The monoisotopic (exact) mass is 347 g/mol. The molecule has 5 rings (SSSR count). The molecule has 3 aliphatic rings. The molecule has 0 unspecified atom stereocenters. The molecule has 1 saturated heterocycles. The van der Waals surface area contributed by atoms with Crippen LogP contribution in [0.3, 0.4) is 0 Å². The molecule has 4 heteroatoms. The van der Waals surface area contributed by atoms with Gasteiger partial charge in [0.25, 0.3) is 0 Å². The average molecular weight is 347 g/mol. The Morgan fingerprint density at radius 3 is 2.15 bits per heavy atom. The number of rotatable bonds is 3. The van der Waals surface area contributed by atoms with E-state index in [0.717, 1.165) is 30.6 Å². The zero-order chi connectivity index (χ0) is 17.8. The minimum atomic E-state index is -0.0792. The summed E-state index contributed by atoms with van der Waals surface area (Å²) in [5.74, 6) is 2.13. The molecule has 0 aromatic heterocycles. The van der Waals surface area contributed by atoms with E-state index >= 15 is 0 Å². The highest BCUT2D eigenvalue weighted by Crippen LogP contribution is 2.56. The highest BCUT2D eigenvalue weighted by molar-refractivity contribution is 6.22. The minimum Gasteiger partial charge on any atom is -0.457 e. The van der Waals surface area contributed by atoms with Gasteiger partial charge in [-0.2, -0.15) is 0 Å². The Balaban J connectivity index is 1.38. The van der Waals surface area contributed by atoms with Crippen LogP contribution in [0.15, 0.2) is 48.5 Å². The molecule has 0 spiro atoms. The van der Waals surface area contributed by atoms with Crippen LogP contribution in [-0.4, -0.2) is 11.8 Å². The summed E-state index contributed by atoms with van der Waals surface area (Å²) in [5, 5.41) is 0. The number of amides is 2. The lowest BCUT2D eigenvalue weighted by molar-refractivity contribution is -0.123. The SMILES string of the molecule is Cc1cccc(Oc2ccc(N3C(=O)[C@H]4[C@@H]5CC[C@@H](C5)[C@@H]4C3=O)cc2)c1. The van der Waals surface area contributed by atoms with Gasteiger partial charge in [0.1, 0.15) is 11.5 Å². The van der Waals surface area contributed by atoms with E-state index in [1.807, 2.05) is 55.5 Å². The number of imide groups is 1. The number of benzene rings is 2. The van der Waals surface area contributed by atoms with Crippen LogP contribution in [0.4, 0.5) is 5.69 Å². The molecule has 4 nitrogen and oxygen atoms in total. The Labute approximate surface area is 152 Å². The maximum atomic E-state index is 12.9. The molecule has 2 aromatic carbocycles. The van der Waals surface area contributed by atoms with Crippen LogP contribution >= 0.6 is 0 Å². The summed E-state index contributed by atoms with van der Waals surface area (Å²) >= 11 is 0. The Hall–Kier alpha value is -2.62. The topological polar surface area (TPSA) is 46.6 Å². The van der Waals surface area contributed by atoms with E-state index in [4.69, 9.17) is 4.74 Å². The van der Waals surface area contributed by atoms with Crippen molar-refractivity contribution in [3.05, 3.63) is 54.1 Å². The van der Waals surface area contributed by atoms with Crippen molar-refractivity contribution in [2.24, 2.45) is 23.7 Å². The molecule has 132 valence electrons. The third kappa shape index (κ3) is 2.28. The average Bonchev–Trinajstić information content (AvgIpc) is 3.30. The summed E-state index contributed by atoms with van der Waals surface area (Å²) < 4.78 is 5.86. The lowest BCUT2D eigenvalue weighted by atomic mass is 9.81. The van der Waals surface area contributed by atoms with Gasteiger partial charge >= 0.3 is 0 Å². The number of anilines is 1. The van der Waals surface area contributed by atoms with Gasteiger partial charge < -0.3 is 4.74 Å². The highest BCUT2D eigenvalue weighted by atomic mass is 16.5. The van der Waals surface area contributed by atoms with Gasteiger partial charge in [0.05, 0.1) is 17.5 Å². The summed E-state index contributed by atoms with van der Waals surface area (Å²) in [7, 11) is 0. The van der Waals surface area contributed by atoms with Crippen molar-refractivity contribution in [3.63, 3.8) is 0 Å². The van der Waals surface area contributed by atoms with Crippen LogP contribution in [0.1, 0.15) is 24.8 Å². The first-order chi connectivity index (χ1) is 12.6. The molecule has 2 amide bonds. The fourth-order valence-corrected chi connectivity index (χ4v) is 5.14. The van der Waals surface area contributed by atoms with Gasteiger partial charge in [0, 0.05) is 0 Å². The van der Waals surface area contributed by atoms with Crippen LogP contribution in [0.2, 0.25) is 0 Å². The van der Waals surface area contributed by atoms with Crippen molar-refractivity contribution in [1.82, 2.24) is 0 Å². The second-order valence-electron chi connectivity index (χ2n) is 7.81. The number of aryl methyl sites for hydroxylation is 1.